The van der Waals surface area contributed by atoms with Crippen LogP contribution in [0, 0.1) is 6.92 Å². The predicted octanol–water partition coefficient (Wildman–Crippen LogP) is 6.49. The predicted molar refractivity (Wildman–Crippen MR) is 104 cm³/mol. The fourth-order valence-electron chi connectivity index (χ4n) is 2.36. The van der Waals surface area contributed by atoms with Crippen LogP contribution in [0.25, 0.3) is 11.1 Å². The molecule has 0 amide bonds. The molecule has 0 saturated heterocycles. The Morgan fingerprint density at radius 3 is 2.20 bits per heavy atom. The average molecular weight is 406 g/mol. The van der Waals surface area contributed by atoms with Gasteiger partial charge in [-0.15, -0.1) is 0 Å². The number of hydrogen-bond donors (Lipinski definition) is 1. The number of aryl methyl sites for hydroxylation is 1. The third kappa shape index (κ3) is 5.72. The van der Waals surface area contributed by atoms with Crippen molar-refractivity contribution in [1.29, 1.82) is 0 Å². The Morgan fingerprint density at radius 1 is 0.880 bits per heavy atom. The van der Waals surface area contributed by atoms with Crippen molar-refractivity contribution < 1.29 is 22.1 Å². The van der Waals surface area contributed by atoms with Gasteiger partial charge in [-0.25, -0.2) is 0 Å². The van der Waals surface area contributed by atoms with Crippen molar-refractivity contribution >= 4 is 30.5 Å². The Bertz CT molecular complexity index is 838. The van der Waals surface area contributed by atoms with Crippen LogP contribution in [0.1, 0.15) is 11.1 Å². The van der Waals surface area contributed by atoms with Gasteiger partial charge in [-0.05, 0) is 30.2 Å². The van der Waals surface area contributed by atoms with Crippen molar-refractivity contribution in [2.75, 3.05) is 0 Å². The molecule has 0 radical (unpaired) electrons. The van der Waals surface area contributed by atoms with E-state index in [1.807, 2.05) is 79.7 Å². The molecule has 0 saturated carbocycles. The molecule has 0 heterocycles. The van der Waals surface area contributed by atoms with E-state index in [1.165, 1.54) is 0 Å². The molecule has 0 bridgehead atoms. The molecule has 3 rings (SSSR count). The number of para-hydroxylation sites is 2. The van der Waals surface area contributed by atoms with E-state index >= 15 is 0 Å². The molecule has 2 nitrogen and oxygen atoms in total. The summed E-state index contributed by atoms with van der Waals surface area (Å²) in [5.74, 6) is 0.256. The normalized spacial score (nSPS) is 10.2. The third-order valence-electron chi connectivity index (χ3n) is 3.61. The summed E-state index contributed by atoms with van der Waals surface area (Å²) in [6.45, 7) is 2.02. The van der Waals surface area contributed by atoms with E-state index < -0.39 is 17.0 Å². The van der Waals surface area contributed by atoms with Crippen LogP contribution in [-0.4, -0.2) is 11.3 Å². The Morgan fingerprint density at radius 2 is 1.52 bits per heavy atom. The second-order valence-electron chi connectivity index (χ2n) is 5.23. The van der Waals surface area contributed by atoms with Crippen LogP contribution in [0.5, 0.6) is 5.75 Å². The Kier molecular flexibility index (Phi) is 8.23. The fourth-order valence-corrected chi connectivity index (χ4v) is 2.36. The number of rotatable bonds is 3. The van der Waals surface area contributed by atoms with Gasteiger partial charge < -0.3 is 5.11 Å². The Balaban J connectivity index is 0.000000701. The summed E-state index contributed by atoms with van der Waals surface area (Å²) in [4.78, 5) is 4.49. The quantitative estimate of drug-likeness (QED) is 0.391. The van der Waals surface area contributed by atoms with Gasteiger partial charge in [0.15, 0.2) is 0 Å². The van der Waals surface area contributed by atoms with E-state index in [4.69, 9.17) is 18.6 Å². The summed E-state index contributed by atoms with van der Waals surface area (Å²) in [7, 11) is 9.78. The number of phenolic OH excluding ortho intramolecular Hbond substituents is 1. The van der Waals surface area contributed by atoms with Crippen molar-refractivity contribution in [3.05, 3.63) is 83.9 Å². The first-order valence-corrected chi connectivity index (χ1v) is 11.9. The summed E-state index contributed by atoms with van der Waals surface area (Å²) < 4.78 is 0. The van der Waals surface area contributed by atoms with E-state index in [0.29, 0.717) is 5.56 Å². The molecule has 0 spiro atoms. The summed E-state index contributed by atoms with van der Waals surface area (Å²) in [6.07, 6.45) is 1.71. The molecule has 0 atom stereocenters. The molecule has 0 aliphatic rings. The molecule has 0 unspecified atom stereocenters. The maximum absolute atomic E-state index is 10.5. The topological polar surface area (TPSA) is 32.6 Å². The standard InChI is InChI=1S/C20H17NO.2ClH.Ti/c1-15-8-5-6-13-19(15)21-14-17-11-7-12-18(20(17)22)16-9-3-2-4-10-16;;;/h2-14,22H,1H3;2*1H;/q;;;+2/p-2. The zero-order chi connectivity index (χ0) is 18.1. The van der Waals surface area contributed by atoms with Crippen LogP contribution in [0.3, 0.4) is 0 Å². The Hall–Kier alpha value is -1.58. The third-order valence-corrected chi connectivity index (χ3v) is 3.61. The average Bonchev–Trinajstić information content (AvgIpc) is 2.63. The van der Waals surface area contributed by atoms with E-state index in [2.05, 4.69) is 4.99 Å². The number of benzene rings is 3. The molecule has 0 aliphatic heterocycles. The van der Waals surface area contributed by atoms with Crippen LogP contribution in [0.4, 0.5) is 5.69 Å². The zero-order valence-electron chi connectivity index (χ0n) is 13.7. The van der Waals surface area contributed by atoms with Crippen LogP contribution < -0.4 is 0 Å². The van der Waals surface area contributed by atoms with Gasteiger partial charge >= 0.3 is 35.6 Å². The van der Waals surface area contributed by atoms with Gasteiger partial charge in [0.25, 0.3) is 0 Å². The van der Waals surface area contributed by atoms with Gasteiger partial charge in [-0.3, -0.25) is 4.99 Å². The van der Waals surface area contributed by atoms with Gasteiger partial charge in [0.1, 0.15) is 5.75 Å². The van der Waals surface area contributed by atoms with Crippen LogP contribution in [0.2, 0.25) is 0 Å². The van der Waals surface area contributed by atoms with Crippen LogP contribution >= 0.6 is 18.6 Å². The molecule has 0 fully saturated rings. The molecular weight excluding hydrogens is 389 g/mol. The molecule has 3 aromatic rings. The summed E-state index contributed by atoms with van der Waals surface area (Å²) in [5.41, 5.74) is 4.54. The number of phenols is 1. The fraction of sp³-hybridized carbons (Fsp3) is 0.0500. The number of aliphatic imine (C=N–C) groups is 1. The summed E-state index contributed by atoms with van der Waals surface area (Å²) in [6, 6.07) is 23.5. The Labute approximate surface area is 164 Å². The van der Waals surface area contributed by atoms with Crippen molar-refractivity contribution in [1.82, 2.24) is 0 Å². The van der Waals surface area contributed by atoms with Gasteiger partial charge in [0.2, 0.25) is 0 Å². The molecule has 0 aliphatic carbocycles. The number of hydrogen-bond acceptors (Lipinski definition) is 2. The first-order valence-electron chi connectivity index (χ1n) is 7.60. The first kappa shape index (κ1) is 19.7. The SMILES string of the molecule is Cc1ccccc1N=Cc1cccc(-c2ccccc2)c1O.[Cl][Ti][Cl]. The molecular formula is C20H17Cl2NOTi. The van der Waals surface area contributed by atoms with Gasteiger partial charge in [0, 0.05) is 17.3 Å². The van der Waals surface area contributed by atoms with Crippen LogP contribution in [-0.2, 0) is 17.0 Å². The van der Waals surface area contributed by atoms with Crippen molar-refractivity contribution in [2.24, 2.45) is 4.99 Å². The second kappa shape index (κ2) is 10.4. The van der Waals surface area contributed by atoms with E-state index in [1.54, 1.807) is 6.21 Å². The van der Waals surface area contributed by atoms with Gasteiger partial charge in [0.05, 0.1) is 5.69 Å². The minimum atomic E-state index is -0.556. The molecule has 3 aromatic carbocycles. The number of nitrogens with zero attached hydrogens (tertiary/aromatic N) is 1. The van der Waals surface area contributed by atoms with Gasteiger partial charge in [-0.1, -0.05) is 60.7 Å². The number of aromatic hydroxyl groups is 1. The first-order chi connectivity index (χ1) is 12.2. The molecule has 126 valence electrons. The summed E-state index contributed by atoms with van der Waals surface area (Å²) in [5, 5.41) is 10.5. The van der Waals surface area contributed by atoms with Crippen molar-refractivity contribution in [2.45, 2.75) is 6.92 Å². The van der Waals surface area contributed by atoms with Crippen LogP contribution in [0.15, 0.2) is 77.8 Å². The minimum absolute atomic E-state index is 0.256. The van der Waals surface area contributed by atoms with Crippen molar-refractivity contribution in [3.63, 3.8) is 0 Å². The molecule has 25 heavy (non-hydrogen) atoms. The van der Waals surface area contributed by atoms with E-state index in [9.17, 15) is 5.11 Å². The number of halogens is 2. The molecule has 1 N–H and O–H groups in total. The second-order valence-corrected chi connectivity index (χ2v) is 7.80. The molecule has 0 aromatic heterocycles. The molecule has 5 heteroatoms. The van der Waals surface area contributed by atoms with E-state index in [-0.39, 0.29) is 5.75 Å². The summed E-state index contributed by atoms with van der Waals surface area (Å²) >= 11 is -0.556. The van der Waals surface area contributed by atoms with E-state index in [0.717, 1.165) is 22.4 Å². The monoisotopic (exact) mass is 405 g/mol. The maximum atomic E-state index is 10.5. The van der Waals surface area contributed by atoms with Crippen molar-refractivity contribution in [3.8, 4) is 16.9 Å². The zero-order valence-corrected chi connectivity index (χ0v) is 16.7. The van der Waals surface area contributed by atoms with Gasteiger partial charge in [-0.2, -0.15) is 0 Å².